The molecule has 0 bridgehead atoms. The predicted octanol–water partition coefficient (Wildman–Crippen LogP) is 6.06. The van der Waals surface area contributed by atoms with Crippen LogP contribution in [0.4, 0.5) is 5.69 Å². The van der Waals surface area contributed by atoms with E-state index in [4.69, 9.17) is 4.74 Å². The van der Waals surface area contributed by atoms with Gasteiger partial charge in [-0.3, -0.25) is 13.9 Å². The van der Waals surface area contributed by atoms with Crippen molar-refractivity contribution >= 4 is 27.5 Å². The van der Waals surface area contributed by atoms with Gasteiger partial charge in [-0.15, -0.1) is 0 Å². The Balaban J connectivity index is 1.78. The van der Waals surface area contributed by atoms with Crippen molar-refractivity contribution in [2.75, 3.05) is 24.0 Å². The van der Waals surface area contributed by atoms with Gasteiger partial charge in [-0.2, -0.15) is 0 Å². The molecule has 4 rings (SSSR count). The standard InChI is InChI=1S/C37H43N3O5S/c1-5-24-38-37(42)35(25-30-10-8-7-9-11-30)39(26-31-16-12-28(3)13-17-31)36(41)27-40(32-18-14-29(4)15-19-32)46(43,44)34-22-20-33(21-23-34)45-6-2/h7-23,35H,5-6,24-27H2,1-4H3,(H,38,42)/t35-/m1/s1. The summed E-state index contributed by atoms with van der Waals surface area (Å²) in [5.41, 5.74) is 4.08. The lowest BCUT2D eigenvalue weighted by Gasteiger charge is -2.34. The Morgan fingerprint density at radius 3 is 1.98 bits per heavy atom. The Labute approximate surface area is 273 Å². The molecule has 0 saturated carbocycles. The Kier molecular flexibility index (Phi) is 12.0. The molecule has 0 aromatic heterocycles. The third kappa shape index (κ3) is 8.97. The van der Waals surface area contributed by atoms with Gasteiger partial charge in [0.05, 0.1) is 17.2 Å². The maximum atomic E-state index is 14.5. The number of ether oxygens (including phenoxy) is 1. The Morgan fingerprint density at radius 1 is 0.783 bits per heavy atom. The quantitative estimate of drug-likeness (QED) is 0.170. The summed E-state index contributed by atoms with van der Waals surface area (Å²) in [6.45, 7) is 8.23. The minimum absolute atomic E-state index is 0.0240. The van der Waals surface area contributed by atoms with Crippen molar-refractivity contribution in [3.05, 3.63) is 125 Å². The van der Waals surface area contributed by atoms with Gasteiger partial charge in [0.1, 0.15) is 18.3 Å². The number of hydrogen-bond donors (Lipinski definition) is 1. The zero-order valence-corrected chi connectivity index (χ0v) is 27.8. The number of hydrogen-bond acceptors (Lipinski definition) is 5. The zero-order chi connectivity index (χ0) is 33.1. The van der Waals surface area contributed by atoms with E-state index in [1.165, 1.54) is 17.0 Å². The minimum Gasteiger partial charge on any atom is -0.494 e. The topological polar surface area (TPSA) is 96.0 Å². The number of carbonyl (C=O) groups is 2. The van der Waals surface area contributed by atoms with E-state index in [9.17, 15) is 18.0 Å². The van der Waals surface area contributed by atoms with Gasteiger partial charge in [0, 0.05) is 19.5 Å². The van der Waals surface area contributed by atoms with Crippen LogP contribution < -0.4 is 14.4 Å². The molecular weight excluding hydrogens is 598 g/mol. The van der Waals surface area contributed by atoms with Gasteiger partial charge in [-0.25, -0.2) is 8.42 Å². The van der Waals surface area contributed by atoms with Gasteiger partial charge < -0.3 is 15.0 Å². The molecule has 0 saturated heterocycles. The van der Waals surface area contributed by atoms with Crippen molar-refractivity contribution in [3.63, 3.8) is 0 Å². The molecule has 0 aliphatic carbocycles. The summed E-state index contributed by atoms with van der Waals surface area (Å²) in [5.74, 6) is -0.240. The maximum Gasteiger partial charge on any atom is 0.264 e. The fraction of sp³-hybridized carbons (Fsp3) is 0.297. The lowest BCUT2D eigenvalue weighted by atomic mass is 10.0. The summed E-state index contributed by atoms with van der Waals surface area (Å²) in [5, 5.41) is 2.97. The second-order valence-electron chi connectivity index (χ2n) is 11.3. The van der Waals surface area contributed by atoms with Gasteiger partial charge in [0.2, 0.25) is 11.8 Å². The first-order valence-corrected chi connectivity index (χ1v) is 17.0. The number of nitrogens with zero attached hydrogens (tertiary/aromatic N) is 2. The molecule has 8 nitrogen and oxygen atoms in total. The molecule has 4 aromatic rings. The van der Waals surface area contributed by atoms with E-state index >= 15 is 0 Å². The van der Waals surface area contributed by atoms with Crippen molar-refractivity contribution in [1.29, 1.82) is 0 Å². The monoisotopic (exact) mass is 641 g/mol. The third-order valence-electron chi connectivity index (χ3n) is 7.62. The molecule has 46 heavy (non-hydrogen) atoms. The van der Waals surface area contributed by atoms with E-state index in [2.05, 4.69) is 5.32 Å². The number of benzene rings is 4. The molecule has 0 unspecified atom stereocenters. The van der Waals surface area contributed by atoms with E-state index in [-0.39, 0.29) is 23.8 Å². The number of anilines is 1. The van der Waals surface area contributed by atoms with Crippen molar-refractivity contribution < 1.29 is 22.7 Å². The second-order valence-corrected chi connectivity index (χ2v) is 13.1. The number of carbonyl (C=O) groups excluding carboxylic acids is 2. The van der Waals surface area contributed by atoms with E-state index in [0.29, 0.717) is 24.6 Å². The molecule has 2 amide bonds. The van der Waals surface area contributed by atoms with Crippen LogP contribution in [0.1, 0.15) is 42.5 Å². The van der Waals surface area contributed by atoms with Gasteiger partial charge in [0.25, 0.3) is 10.0 Å². The molecule has 0 spiro atoms. The molecule has 1 N–H and O–H groups in total. The predicted molar refractivity (Wildman–Crippen MR) is 182 cm³/mol. The highest BCUT2D eigenvalue weighted by atomic mass is 32.2. The lowest BCUT2D eigenvalue weighted by molar-refractivity contribution is -0.140. The number of amides is 2. The summed E-state index contributed by atoms with van der Waals surface area (Å²) in [6, 6.07) is 29.6. The van der Waals surface area contributed by atoms with Gasteiger partial charge in [0.15, 0.2) is 0 Å². The van der Waals surface area contributed by atoms with Crippen LogP contribution in [-0.4, -0.2) is 50.9 Å². The molecule has 1 atom stereocenters. The van der Waals surface area contributed by atoms with Crippen molar-refractivity contribution in [3.8, 4) is 5.75 Å². The van der Waals surface area contributed by atoms with Crippen LogP contribution in [0.25, 0.3) is 0 Å². The molecule has 0 aliphatic heterocycles. The van der Waals surface area contributed by atoms with E-state index < -0.39 is 28.5 Å². The molecule has 0 radical (unpaired) electrons. The van der Waals surface area contributed by atoms with Crippen LogP contribution in [0.3, 0.4) is 0 Å². The van der Waals surface area contributed by atoms with Gasteiger partial charge >= 0.3 is 0 Å². The fourth-order valence-electron chi connectivity index (χ4n) is 5.05. The second kappa shape index (κ2) is 16.1. The summed E-state index contributed by atoms with van der Waals surface area (Å²) in [4.78, 5) is 29.8. The molecule has 0 heterocycles. The van der Waals surface area contributed by atoms with E-state index in [1.807, 2.05) is 82.3 Å². The molecular formula is C37H43N3O5S. The maximum absolute atomic E-state index is 14.5. The first-order valence-electron chi connectivity index (χ1n) is 15.6. The number of sulfonamides is 1. The summed E-state index contributed by atoms with van der Waals surface area (Å²) < 4.78 is 35.1. The third-order valence-corrected chi connectivity index (χ3v) is 9.41. The number of rotatable bonds is 15. The van der Waals surface area contributed by atoms with Crippen LogP contribution in [-0.2, 0) is 32.6 Å². The molecule has 9 heteroatoms. The largest absolute Gasteiger partial charge is 0.494 e. The van der Waals surface area contributed by atoms with Crippen LogP contribution >= 0.6 is 0 Å². The Bertz CT molecular complexity index is 1670. The normalized spacial score (nSPS) is 11.8. The highest BCUT2D eigenvalue weighted by Gasteiger charge is 2.34. The minimum atomic E-state index is -4.20. The highest BCUT2D eigenvalue weighted by Crippen LogP contribution is 2.27. The zero-order valence-electron chi connectivity index (χ0n) is 27.0. The van der Waals surface area contributed by atoms with Crippen LogP contribution in [0.15, 0.2) is 108 Å². The van der Waals surface area contributed by atoms with Crippen LogP contribution in [0.5, 0.6) is 5.75 Å². The fourth-order valence-corrected chi connectivity index (χ4v) is 6.47. The Hall–Kier alpha value is -4.63. The van der Waals surface area contributed by atoms with E-state index in [0.717, 1.165) is 33.0 Å². The first kappa shape index (κ1) is 34.2. The average molecular weight is 642 g/mol. The van der Waals surface area contributed by atoms with Crippen LogP contribution in [0.2, 0.25) is 0 Å². The lowest BCUT2D eigenvalue weighted by Crippen LogP contribution is -2.53. The van der Waals surface area contributed by atoms with Crippen molar-refractivity contribution in [1.82, 2.24) is 10.2 Å². The number of aryl methyl sites for hydroxylation is 2. The highest BCUT2D eigenvalue weighted by molar-refractivity contribution is 7.92. The van der Waals surface area contributed by atoms with Crippen LogP contribution in [0, 0.1) is 13.8 Å². The molecule has 0 fully saturated rings. The van der Waals surface area contributed by atoms with Gasteiger partial charge in [-0.05, 0) is 74.7 Å². The van der Waals surface area contributed by atoms with E-state index in [1.54, 1.807) is 36.4 Å². The number of nitrogens with one attached hydrogen (secondary N) is 1. The summed E-state index contributed by atoms with van der Waals surface area (Å²) >= 11 is 0. The first-order chi connectivity index (χ1) is 22.1. The van der Waals surface area contributed by atoms with Crippen molar-refractivity contribution in [2.24, 2.45) is 0 Å². The molecule has 242 valence electrons. The average Bonchev–Trinajstić information content (AvgIpc) is 3.06. The molecule has 4 aromatic carbocycles. The van der Waals surface area contributed by atoms with Gasteiger partial charge in [-0.1, -0.05) is 84.8 Å². The Morgan fingerprint density at radius 2 is 1.39 bits per heavy atom. The van der Waals surface area contributed by atoms with Crippen molar-refractivity contribution in [2.45, 2.75) is 58.0 Å². The smallest absolute Gasteiger partial charge is 0.264 e. The summed E-state index contributed by atoms with van der Waals surface area (Å²) in [6.07, 6.45) is 1.00. The SMILES string of the molecule is CCCNC(=O)[C@@H](Cc1ccccc1)N(Cc1ccc(C)cc1)C(=O)CN(c1ccc(C)cc1)S(=O)(=O)c1ccc(OCC)cc1. The summed E-state index contributed by atoms with van der Waals surface area (Å²) in [7, 11) is -4.20. The molecule has 0 aliphatic rings.